The molecule has 0 N–H and O–H groups in total. The molecule has 0 bridgehead atoms. The second-order valence-corrected chi connectivity index (χ2v) is 9.55. The number of hydrogen-bond donors (Lipinski definition) is 0. The molecule has 1 atom stereocenters. The molecule has 0 nitrogen and oxygen atoms in total. The molecule has 0 radical (unpaired) electrons. The van der Waals surface area contributed by atoms with Gasteiger partial charge in [0.25, 0.3) is 0 Å². The Morgan fingerprint density at radius 2 is 0.941 bits per heavy atom. The van der Waals surface area contributed by atoms with E-state index in [1.54, 1.807) is 18.5 Å². The standard InChI is InChI=1S/C14H32P.ClH.H3P/c1-5-9-12-15(8-4,13-10-6-2)14-11-7-3;;/h5-14H2,1-4H3;1H;1H3/q+1;;. The van der Waals surface area contributed by atoms with Crippen LogP contribution in [0.25, 0.3) is 0 Å². The third-order valence-corrected chi connectivity index (χ3v) is 8.77. The van der Waals surface area contributed by atoms with Crippen molar-refractivity contribution in [3.05, 3.63) is 0 Å². The van der Waals surface area contributed by atoms with Crippen molar-refractivity contribution in [2.45, 2.75) is 66.2 Å². The van der Waals surface area contributed by atoms with Crippen molar-refractivity contribution in [2.24, 2.45) is 0 Å². The summed E-state index contributed by atoms with van der Waals surface area (Å²) in [5.74, 6) is 0. The maximum atomic E-state index is 2.45. The van der Waals surface area contributed by atoms with Crippen LogP contribution in [0.1, 0.15) is 66.2 Å². The first-order chi connectivity index (χ1) is 7.24. The molecule has 0 amide bonds. The molecule has 0 aliphatic rings. The van der Waals surface area contributed by atoms with Gasteiger partial charge in [-0.25, -0.2) is 0 Å². The highest BCUT2D eigenvalue weighted by atomic mass is 35.5. The predicted molar refractivity (Wildman–Crippen MR) is 95.1 cm³/mol. The fraction of sp³-hybridized carbons (Fsp3) is 1.00. The van der Waals surface area contributed by atoms with Gasteiger partial charge in [0.15, 0.2) is 0 Å². The Bertz CT molecular complexity index is 118. The zero-order chi connectivity index (χ0) is 11.6. The summed E-state index contributed by atoms with van der Waals surface area (Å²) in [6.45, 7) is 9.46. The van der Waals surface area contributed by atoms with E-state index in [4.69, 9.17) is 0 Å². The van der Waals surface area contributed by atoms with Crippen LogP contribution in [0.15, 0.2) is 0 Å². The topological polar surface area (TPSA) is 0 Å². The van der Waals surface area contributed by atoms with Crippen molar-refractivity contribution < 1.29 is 0 Å². The van der Waals surface area contributed by atoms with Gasteiger partial charge >= 0.3 is 0 Å². The maximum Gasteiger partial charge on any atom is 0.0594 e. The van der Waals surface area contributed by atoms with Crippen molar-refractivity contribution in [3.63, 3.8) is 0 Å². The molecule has 0 saturated heterocycles. The van der Waals surface area contributed by atoms with Crippen LogP contribution in [-0.2, 0) is 0 Å². The lowest BCUT2D eigenvalue weighted by molar-refractivity contribution is 0.834. The number of unbranched alkanes of at least 4 members (excludes halogenated alkanes) is 3. The van der Waals surface area contributed by atoms with Crippen molar-refractivity contribution in [2.75, 3.05) is 24.6 Å². The Hall–Kier alpha value is 1.15. The highest BCUT2D eigenvalue weighted by Gasteiger charge is 2.32. The summed E-state index contributed by atoms with van der Waals surface area (Å²) < 4.78 is 0. The van der Waals surface area contributed by atoms with E-state index in [1.165, 1.54) is 44.7 Å². The van der Waals surface area contributed by atoms with E-state index in [-0.39, 0.29) is 22.3 Å². The fourth-order valence-electron chi connectivity index (χ4n) is 2.29. The molecule has 17 heavy (non-hydrogen) atoms. The third kappa shape index (κ3) is 10.7. The van der Waals surface area contributed by atoms with Crippen molar-refractivity contribution in [1.29, 1.82) is 0 Å². The minimum Gasteiger partial charge on any atom is -0.153 e. The summed E-state index contributed by atoms with van der Waals surface area (Å²) in [5, 5.41) is 0. The first kappa shape index (κ1) is 23.3. The molecule has 0 spiro atoms. The monoisotopic (exact) mass is 301 g/mol. The molecule has 0 aliphatic heterocycles. The molecule has 1 unspecified atom stereocenters. The Kier molecular flexibility index (Phi) is 20.8. The van der Waals surface area contributed by atoms with Crippen LogP contribution >= 0.6 is 29.6 Å². The zero-order valence-corrected chi connectivity index (χ0v) is 15.8. The number of rotatable bonds is 10. The van der Waals surface area contributed by atoms with Gasteiger partial charge in [0.2, 0.25) is 0 Å². The summed E-state index contributed by atoms with van der Waals surface area (Å²) >= 11 is 0. The van der Waals surface area contributed by atoms with Crippen LogP contribution in [0.2, 0.25) is 0 Å². The van der Waals surface area contributed by atoms with Crippen molar-refractivity contribution >= 4 is 29.6 Å². The summed E-state index contributed by atoms with van der Waals surface area (Å²) in [7, 11) is -0.527. The predicted octanol–water partition coefficient (Wildman–Crippen LogP) is 5.90. The van der Waals surface area contributed by atoms with Gasteiger partial charge in [-0.1, -0.05) is 40.0 Å². The van der Waals surface area contributed by atoms with Gasteiger partial charge < -0.3 is 0 Å². The summed E-state index contributed by atoms with van der Waals surface area (Å²) in [4.78, 5) is 0. The van der Waals surface area contributed by atoms with Crippen LogP contribution < -0.4 is 0 Å². The van der Waals surface area contributed by atoms with Gasteiger partial charge in [-0.2, -0.15) is 9.90 Å². The lowest BCUT2D eigenvalue weighted by Gasteiger charge is -2.26. The quantitative estimate of drug-likeness (QED) is 0.440. The van der Waals surface area contributed by atoms with Crippen molar-refractivity contribution in [1.82, 2.24) is 0 Å². The molecule has 0 aromatic rings. The first-order valence-corrected chi connectivity index (χ1v) is 9.62. The van der Waals surface area contributed by atoms with Gasteiger partial charge in [-0.05, 0) is 26.2 Å². The van der Waals surface area contributed by atoms with Crippen LogP contribution in [-0.4, -0.2) is 24.6 Å². The van der Waals surface area contributed by atoms with Gasteiger partial charge in [-0.15, -0.1) is 12.4 Å². The fourth-order valence-corrected chi connectivity index (χ4v) is 6.87. The van der Waals surface area contributed by atoms with Crippen LogP contribution in [0.5, 0.6) is 0 Å². The molecule has 0 aromatic heterocycles. The largest absolute Gasteiger partial charge is 0.153 e. The Labute approximate surface area is 120 Å². The van der Waals surface area contributed by atoms with E-state index >= 15 is 0 Å². The van der Waals surface area contributed by atoms with Gasteiger partial charge in [0.1, 0.15) is 0 Å². The summed E-state index contributed by atoms with van der Waals surface area (Å²) in [6, 6.07) is 0. The first-order valence-electron chi connectivity index (χ1n) is 7.09. The molecule has 0 fully saturated rings. The zero-order valence-electron chi connectivity index (χ0n) is 12.6. The smallest absolute Gasteiger partial charge is 0.0594 e. The molecule has 0 aliphatic carbocycles. The normalized spacial score (nSPS) is 10.6. The van der Waals surface area contributed by atoms with Gasteiger partial charge in [0, 0.05) is 7.26 Å². The Balaban J connectivity index is -0.000000980. The Morgan fingerprint density at radius 3 is 1.12 bits per heavy atom. The minimum absolute atomic E-state index is 0. The summed E-state index contributed by atoms with van der Waals surface area (Å²) in [5.41, 5.74) is 0. The maximum absolute atomic E-state index is 2.45. The molecular weight excluding hydrogens is 266 g/mol. The van der Waals surface area contributed by atoms with Gasteiger partial charge in [-0.3, -0.25) is 0 Å². The van der Waals surface area contributed by atoms with Crippen LogP contribution in [0.4, 0.5) is 0 Å². The van der Waals surface area contributed by atoms with E-state index in [0.29, 0.717) is 0 Å². The van der Waals surface area contributed by atoms with E-state index < -0.39 is 7.26 Å². The number of halogens is 1. The molecule has 0 rings (SSSR count). The lowest BCUT2D eigenvalue weighted by Crippen LogP contribution is -2.11. The molecule has 0 aromatic carbocycles. The number of hydrogen-bond acceptors (Lipinski definition) is 0. The van der Waals surface area contributed by atoms with Crippen molar-refractivity contribution in [3.8, 4) is 0 Å². The third-order valence-electron chi connectivity index (χ3n) is 3.63. The average Bonchev–Trinajstić information content (AvgIpc) is 2.29. The Morgan fingerprint density at radius 1 is 0.647 bits per heavy atom. The molecule has 0 saturated carbocycles. The molecular formula is C14H36ClP2+. The average molecular weight is 302 g/mol. The highest BCUT2D eigenvalue weighted by molar-refractivity contribution is 7.75. The summed E-state index contributed by atoms with van der Waals surface area (Å²) in [6.07, 6.45) is 14.9. The van der Waals surface area contributed by atoms with E-state index in [1.807, 2.05) is 0 Å². The van der Waals surface area contributed by atoms with E-state index in [0.717, 1.165) is 0 Å². The van der Waals surface area contributed by atoms with Crippen LogP contribution in [0, 0.1) is 0 Å². The molecule has 0 heterocycles. The second-order valence-electron chi connectivity index (χ2n) is 4.89. The molecule has 108 valence electrons. The SMILES string of the molecule is CCCC[P+](CC)(CCCC)CCCC.Cl.P. The lowest BCUT2D eigenvalue weighted by atomic mass is 10.4. The second kappa shape index (κ2) is 15.2. The molecule has 3 heteroatoms. The van der Waals surface area contributed by atoms with E-state index in [2.05, 4.69) is 27.7 Å². The van der Waals surface area contributed by atoms with Crippen LogP contribution in [0.3, 0.4) is 0 Å². The van der Waals surface area contributed by atoms with E-state index in [9.17, 15) is 0 Å². The highest BCUT2D eigenvalue weighted by Crippen LogP contribution is 2.60. The van der Waals surface area contributed by atoms with Gasteiger partial charge in [0.05, 0.1) is 24.6 Å². The minimum atomic E-state index is -0.527.